The van der Waals surface area contributed by atoms with Gasteiger partial charge >= 0.3 is 5.97 Å². The standard InChI is InChI=1S/C10H16O3.C10H14O.CH4/c1-7(10(12)13-2)6-8-4-3-5-9(8)11;11-10-7-3-6-9(10)8-4-1-2-5-8;/h7-8H,3-6H2,1-2H3;1-7H2;1H4. The molecule has 3 aliphatic carbocycles. The predicted molar refractivity (Wildman–Crippen MR) is 99.2 cm³/mol. The number of Topliss-reactive ketones (excluding diaryl/α,β-unsaturated/α-hetero) is 2. The number of hydrogen-bond acceptors (Lipinski definition) is 4. The number of allylic oxidation sites excluding steroid dienone is 2. The average molecular weight is 350 g/mol. The SMILES string of the molecule is C.COC(=O)C(C)CC1CCCC1=O.O=C1CCCC1=C1CCCC1. The number of rotatable bonds is 3. The van der Waals surface area contributed by atoms with Gasteiger partial charge in [-0.25, -0.2) is 0 Å². The third-order valence-corrected chi connectivity index (χ3v) is 5.47. The molecule has 3 saturated carbocycles. The van der Waals surface area contributed by atoms with Crippen molar-refractivity contribution < 1.29 is 19.1 Å². The quantitative estimate of drug-likeness (QED) is 0.542. The highest BCUT2D eigenvalue weighted by molar-refractivity contribution is 5.98. The predicted octanol–water partition coefficient (Wildman–Crippen LogP) is 4.80. The third-order valence-electron chi connectivity index (χ3n) is 5.47. The van der Waals surface area contributed by atoms with E-state index in [0.717, 1.165) is 32.1 Å². The molecule has 0 aliphatic heterocycles. The Morgan fingerprint density at radius 3 is 2.20 bits per heavy atom. The van der Waals surface area contributed by atoms with Gasteiger partial charge in [0.2, 0.25) is 0 Å². The summed E-state index contributed by atoms with van der Waals surface area (Å²) in [5.74, 6) is 0.517. The molecule has 3 rings (SSSR count). The molecule has 0 aromatic heterocycles. The molecule has 25 heavy (non-hydrogen) atoms. The van der Waals surface area contributed by atoms with E-state index in [1.807, 2.05) is 6.92 Å². The van der Waals surface area contributed by atoms with Crippen molar-refractivity contribution in [3.63, 3.8) is 0 Å². The Kier molecular flexibility index (Phi) is 9.09. The summed E-state index contributed by atoms with van der Waals surface area (Å²) in [6.07, 6.45) is 11.3. The van der Waals surface area contributed by atoms with Crippen LogP contribution >= 0.6 is 0 Å². The molecular weight excluding hydrogens is 316 g/mol. The molecule has 0 amide bonds. The highest BCUT2D eigenvalue weighted by Gasteiger charge is 2.28. The lowest BCUT2D eigenvalue weighted by Gasteiger charge is -2.12. The molecule has 0 N–H and O–H groups in total. The Morgan fingerprint density at radius 2 is 1.72 bits per heavy atom. The Hall–Kier alpha value is -1.45. The third kappa shape index (κ3) is 6.09. The maximum Gasteiger partial charge on any atom is 0.308 e. The van der Waals surface area contributed by atoms with E-state index in [2.05, 4.69) is 4.74 Å². The first kappa shape index (κ1) is 21.6. The number of ether oxygens (including phenoxy) is 1. The summed E-state index contributed by atoms with van der Waals surface area (Å²) in [6.45, 7) is 1.82. The molecule has 0 radical (unpaired) electrons. The van der Waals surface area contributed by atoms with Crippen molar-refractivity contribution in [1.82, 2.24) is 0 Å². The van der Waals surface area contributed by atoms with E-state index in [4.69, 9.17) is 0 Å². The van der Waals surface area contributed by atoms with Gasteiger partial charge in [-0.2, -0.15) is 0 Å². The summed E-state index contributed by atoms with van der Waals surface area (Å²) >= 11 is 0. The van der Waals surface area contributed by atoms with Crippen LogP contribution in [0.5, 0.6) is 0 Å². The van der Waals surface area contributed by atoms with Crippen LogP contribution in [-0.2, 0) is 19.1 Å². The summed E-state index contributed by atoms with van der Waals surface area (Å²) < 4.78 is 4.61. The smallest absolute Gasteiger partial charge is 0.308 e. The van der Waals surface area contributed by atoms with Crippen molar-refractivity contribution in [2.45, 2.75) is 85.0 Å². The van der Waals surface area contributed by atoms with Crippen molar-refractivity contribution in [1.29, 1.82) is 0 Å². The summed E-state index contributed by atoms with van der Waals surface area (Å²) in [5, 5.41) is 0. The fourth-order valence-corrected chi connectivity index (χ4v) is 4.05. The molecule has 3 fully saturated rings. The van der Waals surface area contributed by atoms with Crippen LogP contribution in [0.15, 0.2) is 11.1 Å². The molecule has 4 nitrogen and oxygen atoms in total. The topological polar surface area (TPSA) is 60.4 Å². The van der Waals surface area contributed by atoms with Crippen molar-refractivity contribution in [3.8, 4) is 0 Å². The zero-order chi connectivity index (χ0) is 17.5. The number of methoxy groups -OCH3 is 1. The first-order valence-corrected chi connectivity index (χ1v) is 9.37. The molecule has 0 bridgehead atoms. The van der Waals surface area contributed by atoms with Crippen LogP contribution in [0.1, 0.15) is 85.0 Å². The van der Waals surface area contributed by atoms with Crippen LogP contribution < -0.4 is 0 Å². The van der Waals surface area contributed by atoms with Gasteiger partial charge in [-0.15, -0.1) is 0 Å². The maximum absolute atomic E-state index is 11.3. The lowest BCUT2D eigenvalue weighted by Crippen LogP contribution is -2.18. The highest BCUT2D eigenvalue weighted by Crippen LogP contribution is 2.33. The fraction of sp³-hybridized carbons (Fsp3) is 0.762. The van der Waals surface area contributed by atoms with E-state index >= 15 is 0 Å². The van der Waals surface area contributed by atoms with Gasteiger partial charge in [0.25, 0.3) is 0 Å². The van der Waals surface area contributed by atoms with Crippen molar-refractivity contribution >= 4 is 17.5 Å². The Morgan fingerprint density at radius 1 is 1.04 bits per heavy atom. The lowest BCUT2D eigenvalue weighted by atomic mass is 9.94. The zero-order valence-corrected chi connectivity index (χ0v) is 15.1. The zero-order valence-electron chi connectivity index (χ0n) is 15.1. The Bertz CT molecular complexity index is 510. The Labute approximate surface area is 152 Å². The molecular formula is C21H34O4. The minimum Gasteiger partial charge on any atom is -0.469 e. The molecule has 0 heterocycles. The van der Waals surface area contributed by atoms with Gasteiger partial charge < -0.3 is 4.74 Å². The summed E-state index contributed by atoms with van der Waals surface area (Å²) in [7, 11) is 1.38. The van der Waals surface area contributed by atoms with E-state index in [9.17, 15) is 14.4 Å². The molecule has 0 saturated heterocycles. The highest BCUT2D eigenvalue weighted by atomic mass is 16.5. The molecule has 2 atom stereocenters. The van der Waals surface area contributed by atoms with Crippen LogP contribution in [0.25, 0.3) is 0 Å². The molecule has 2 unspecified atom stereocenters. The number of hydrogen-bond donors (Lipinski definition) is 0. The second-order valence-corrected chi connectivity index (χ2v) is 7.28. The van der Waals surface area contributed by atoms with Crippen LogP contribution in [0, 0.1) is 11.8 Å². The first-order valence-electron chi connectivity index (χ1n) is 9.37. The monoisotopic (exact) mass is 350 g/mol. The Balaban J connectivity index is 0.000000243. The van der Waals surface area contributed by atoms with E-state index in [-0.39, 0.29) is 25.2 Å². The average Bonchev–Trinajstić information content (AvgIpc) is 3.30. The van der Waals surface area contributed by atoms with Crippen LogP contribution in [0.3, 0.4) is 0 Å². The van der Waals surface area contributed by atoms with Crippen molar-refractivity contribution in [2.75, 3.05) is 7.11 Å². The molecule has 0 aromatic carbocycles. The van der Waals surface area contributed by atoms with Gasteiger partial charge in [-0.3, -0.25) is 14.4 Å². The van der Waals surface area contributed by atoms with Gasteiger partial charge in [0.15, 0.2) is 5.78 Å². The second kappa shape index (κ2) is 10.5. The minimum absolute atomic E-state index is 0. The van der Waals surface area contributed by atoms with Crippen molar-refractivity contribution in [3.05, 3.63) is 11.1 Å². The molecule has 0 spiro atoms. The largest absolute Gasteiger partial charge is 0.469 e. The van der Waals surface area contributed by atoms with E-state index < -0.39 is 0 Å². The number of carbonyl (C=O) groups is 3. The lowest BCUT2D eigenvalue weighted by molar-refractivity contribution is -0.145. The van der Waals surface area contributed by atoms with Gasteiger partial charge in [0.05, 0.1) is 13.0 Å². The minimum atomic E-state index is -0.209. The van der Waals surface area contributed by atoms with E-state index in [0.29, 0.717) is 24.4 Å². The van der Waals surface area contributed by atoms with E-state index in [1.54, 1.807) is 0 Å². The van der Waals surface area contributed by atoms with Gasteiger partial charge in [0.1, 0.15) is 5.78 Å². The van der Waals surface area contributed by atoms with Crippen LogP contribution in [0.2, 0.25) is 0 Å². The summed E-state index contributed by atoms with van der Waals surface area (Å²) in [5.41, 5.74) is 2.70. The van der Waals surface area contributed by atoms with Gasteiger partial charge in [0, 0.05) is 18.8 Å². The molecule has 0 aromatic rings. The van der Waals surface area contributed by atoms with E-state index in [1.165, 1.54) is 43.9 Å². The van der Waals surface area contributed by atoms with Crippen LogP contribution in [-0.4, -0.2) is 24.6 Å². The molecule has 3 aliphatic rings. The second-order valence-electron chi connectivity index (χ2n) is 7.28. The fourth-order valence-electron chi connectivity index (χ4n) is 4.05. The normalized spacial score (nSPS) is 23.8. The van der Waals surface area contributed by atoms with Crippen LogP contribution in [0.4, 0.5) is 0 Å². The van der Waals surface area contributed by atoms with Gasteiger partial charge in [-0.1, -0.05) is 19.9 Å². The van der Waals surface area contributed by atoms with Crippen molar-refractivity contribution in [2.24, 2.45) is 11.8 Å². The number of carbonyl (C=O) groups excluding carboxylic acids is 3. The summed E-state index contributed by atoms with van der Waals surface area (Å²) in [6, 6.07) is 0. The number of ketones is 2. The maximum atomic E-state index is 11.3. The van der Waals surface area contributed by atoms with Gasteiger partial charge in [-0.05, 0) is 63.4 Å². The summed E-state index contributed by atoms with van der Waals surface area (Å²) in [4.78, 5) is 33.6. The number of esters is 1. The first-order chi connectivity index (χ1) is 11.5. The molecule has 142 valence electrons. The molecule has 4 heteroatoms.